The Morgan fingerprint density at radius 2 is 2.17 bits per heavy atom. The van der Waals surface area contributed by atoms with Crippen molar-refractivity contribution < 1.29 is 9.72 Å². The molecule has 24 heavy (non-hydrogen) atoms. The molecule has 122 valence electrons. The van der Waals surface area contributed by atoms with Crippen molar-refractivity contribution in [3.8, 4) is 0 Å². The van der Waals surface area contributed by atoms with Gasteiger partial charge in [0.15, 0.2) is 10.8 Å². The number of amides is 1. The van der Waals surface area contributed by atoms with Gasteiger partial charge in [0.1, 0.15) is 5.65 Å². The van der Waals surface area contributed by atoms with Crippen molar-refractivity contribution in [2.75, 3.05) is 5.32 Å². The number of pyridine rings is 1. The van der Waals surface area contributed by atoms with E-state index in [0.29, 0.717) is 23.3 Å². The number of hydrogen-bond acceptors (Lipinski definition) is 4. The highest BCUT2D eigenvalue weighted by atomic mass is 35.5. The van der Waals surface area contributed by atoms with Crippen molar-refractivity contribution in [3.63, 3.8) is 0 Å². The fraction of sp³-hybridized carbons (Fsp3) is 0.125. The molecule has 0 aliphatic rings. The monoisotopic (exact) mass is 344 g/mol. The molecule has 2 heterocycles. The summed E-state index contributed by atoms with van der Waals surface area (Å²) in [6, 6.07) is 9.86. The van der Waals surface area contributed by atoms with Crippen molar-refractivity contribution >= 4 is 34.5 Å². The molecule has 7 nitrogen and oxygen atoms in total. The number of aryl methyl sites for hydroxylation is 1. The van der Waals surface area contributed by atoms with Crippen molar-refractivity contribution in [2.24, 2.45) is 0 Å². The highest BCUT2D eigenvalue weighted by Gasteiger charge is 2.19. The number of carbonyl (C=O) groups is 1. The molecular weight excluding hydrogens is 332 g/mol. The Labute approximate surface area is 142 Å². The Morgan fingerprint density at radius 1 is 1.38 bits per heavy atom. The van der Waals surface area contributed by atoms with Crippen molar-refractivity contribution in [2.45, 2.75) is 13.3 Å². The number of hydrogen-bond donors (Lipinski definition) is 1. The molecule has 0 spiro atoms. The summed E-state index contributed by atoms with van der Waals surface area (Å²) in [4.78, 5) is 27.3. The first-order valence-corrected chi connectivity index (χ1v) is 7.60. The largest absolute Gasteiger partial charge is 0.320 e. The van der Waals surface area contributed by atoms with Gasteiger partial charge in [-0.2, -0.15) is 0 Å². The zero-order valence-corrected chi connectivity index (χ0v) is 13.4. The molecule has 0 saturated heterocycles. The molecule has 1 N–H and O–H groups in total. The minimum absolute atomic E-state index is 0.0282. The summed E-state index contributed by atoms with van der Waals surface area (Å²) < 4.78 is 1.56. The van der Waals surface area contributed by atoms with Crippen LogP contribution in [-0.2, 0) is 6.42 Å². The fourth-order valence-electron chi connectivity index (χ4n) is 2.47. The maximum atomic E-state index is 12.5. The Bertz CT molecular complexity index is 952. The predicted octanol–water partition coefficient (Wildman–Crippen LogP) is 3.71. The molecule has 0 bridgehead atoms. The van der Waals surface area contributed by atoms with Crippen LogP contribution in [0.15, 0.2) is 42.6 Å². The van der Waals surface area contributed by atoms with E-state index in [4.69, 9.17) is 11.6 Å². The third-order valence-electron chi connectivity index (χ3n) is 3.62. The summed E-state index contributed by atoms with van der Waals surface area (Å²) >= 11 is 6.06. The quantitative estimate of drug-likeness (QED) is 0.577. The lowest BCUT2D eigenvalue weighted by Gasteiger charge is -2.07. The number of carbonyl (C=O) groups excluding carboxylic acids is 1. The Morgan fingerprint density at radius 3 is 2.88 bits per heavy atom. The summed E-state index contributed by atoms with van der Waals surface area (Å²) in [5.74, 6) is -0.489. The van der Waals surface area contributed by atoms with E-state index in [2.05, 4.69) is 10.3 Å². The SMILES string of the molecule is CCc1ccc(NC(=O)c2c(Cl)nc3ccccn23)cc1[N+](=O)[O-]. The van der Waals surface area contributed by atoms with E-state index in [1.807, 2.05) is 6.92 Å². The van der Waals surface area contributed by atoms with Gasteiger partial charge in [0.25, 0.3) is 11.6 Å². The molecule has 8 heteroatoms. The van der Waals surface area contributed by atoms with Crippen molar-refractivity contribution in [3.05, 3.63) is 69.1 Å². The van der Waals surface area contributed by atoms with Crippen LogP contribution < -0.4 is 5.32 Å². The van der Waals surface area contributed by atoms with Crippen LogP contribution in [0.2, 0.25) is 5.15 Å². The van der Waals surface area contributed by atoms with E-state index in [1.165, 1.54) is 6.07 Å². The minimum atomic E-state index is -0.489. The number of nitrogens with one attached hydrogen (secondary N) is 1. The van der Waals surface area contributed by atoms with E-state index in [1.54, 1.807) is 40.9 Å². The predicted molar refractivity (Wildman–Crippen MR) is 90.6 cm³/mol. The molecule has 0 radical (unpaired) electrons. The molecular formula is C16H13ClN4O3. The van der Waals surface area contributed by atoms with Gasteiger partial charge < -0.3 is 5.32 Å². The number of anilines is 1. The molecule has 3 aromatic rings. The molecule has 3 rings (SSSR count). The van der Waals surface area contributed by atoms with Gasteiger partial charge in [-0.3, -0.25) is 19.3 Å². The summed E-state index contributed by atoms with van der Waals surface area (Å²) in [7, 11) is 0. The van der Waals surface area contributed by atoms with Gasteiger partial charge in [-0.05, 0) is 24.6 Å². The average Bonchev–Trinajstić information content (AvgIpc) is 2.90. The van der Waals surface area contributed by atoms with Gasteiger partial charge in [0.2, 0.25) is 0 Å². The molecule has 0 unspecified atom stereocenters. The van der Waals surface area contributed by atoms with Crippen LogP contribution in [0, 0.1) is 10.1 Å². The van der Waals surface area contributed by atoms with Crippen molar-refractivity contribution in [1.82, 2.24) is 9.38 Å². The first-order valence-electron chi connectivity index (χ1n) is 7.22. The van der Waals surface area contributed by atoms with Gasteiger partial charge >= 0.3 is 0 Å². The van der Waals surface area contributed by atoms with E-state index in [0.717, 1.165) is 0 Å². The molecule has 2 aromatic heterocycles. The zero-order chi connectivity index (χ0) is 17.3. The molecule has 0 fully saturated rings. The zero-order valence-electron chi connectivity index (χ0n) is 12.7. The Balaban J connectivity index is 1.96. The highest BCUT2D eigenvalue weighted by Crippen LogP contribution is 2.25. The topological polar surface area (TPSA) is 89.5 Å². The first kappa shape index (κ1) is 15.9. The Hall–Kier alpha value is -2.93. The lowest BCUT2D eigenvalue weighted by molar-refractivity contribution is -0.385. The van der Waals surface area contributed by atoms with E-state index >= 15 is 0 Å². The second-order valence-corrected chi connectivity index (χ2v) is 5.45. The van der Waals surface area contributed by atoms with Gasteiger partial charge in [0.05, 0.1) is 4.92 Å². The molecule has 1 aromatic carbocycles. The molecule has 1 amide bonds. The summed E-state index contributed by atoms with van der Waals surface area (Å²) in [6.07, 6.45) is 2.20. The lowest BCUT2D eigenvalue weighted by Crippen LogP contribution is -2.15. The third-order valence-corrected chi connectivity index (χ3v) is 3.89. The first-order chi connectivity index (χ1) is 11.5. The molecule has 0 atom stereocenters. The van der Waals surface area contributed by atoms with Gasteiger partial charge in [-0.1, -0.05) is 30.7 Å². The van der Waals surface area contributed by atoms with Crippen LogP contribution in [0.5, 0.6) is 0 Å². The lowest BCUT2D eigenvalue weighted by atomic mass is 10.1. The second kappa shape index (κ2) is 6.29. The van der Waals surface area contributed by atoms with Crippen molar-refractivity contribution in [1.29, 1.82) is 0 Å². The molecule has 0 aliphatic heterocycles. The number of nitrogens with zero attached hydrogens (tertiary/aromatic N) is 3. The maximum absolute atomic E-state index is 12.5. The molecule has 0 aliphatic carbocycles. The summed E-state index contributed by atoms with van der Waals surface area (Å²) in [5, 5.41) is 13.8. The standard InChI is InChI=1S/C16H13ClN4O3/c1-2-10-6-7-11(9-12(10)21(23)24)18-16(22)14-15(17)19-13-5-3-4-8-20(13)14/h3-9H,2H2,1H3,(H,18,22). The van der Waals surface area contributed by atoms with Gasteiger partial charge in [-0.25, -0.2) is 4.98 Å². The van der Waals surface area contributed by atoms with Crippen LogP contribution in [0.3, 0.4) is 0 Å². The highest BCUT2D eigenvalue weighted by molar-refractivity contribution is 6.33. The van der Waals surface area contributed by atoms with Gasteiger partial charge in [-0.15, -0.1) is 0 Å². The van der Waals surface area contributed by atoms with E-state index in [-0.39, 0.29) is 16.5 Å². The smallest absolute Gasteiger partial charge is 0.275 e. The Kier molecular flexibility index (Phi) is 4.18. The number of nitro benzene ring substituents is 1. The average molecular weight is 345 g/mol. The van der Waals surface area contributed by atoms with Crippen LogP contribution in [0.25, 0.3) is 5.65 Å². The number of fused-ring (bicyclic) bond motifs is 1. The van der Waals surface area contributed by atoms with Crippen LogP contribution in [0.4, 0.5) is 11.4 Å². The number of benzene rings is 1. The number of imidazole rings is 1. The van der Waals surface area contributed by atoms with Crippen LogP contribution >= 0.6 is 11.6 Å². The second-order valence-electron chi connectivity index (χ2n) is 5.09. The number of halogens is 1. The molecule has 0 saturated carbocycles. The third kappa shape index (κ3) is 2.81. The number of rotatable bonds is 4. The fourth-order valence-corrected chi connectivity index (χ4v) is 2.73. The van der Waals surface area contributed by atoms with E-state index in [9.17, 15) is 14.9 Å². The van der Waals surface area contributed by atoms with Crippen LogP contribution in [0.1, 0.15) is 23.0 Å². The summed E-state index contributed by atoms with van der Waals surface area (Å²) in [5.41, 5.74) is 1.62. The minimum Gasteiger partial charge on any atom is -0.320 e. The number of aromatic nitrogens is 2. The normalized spacial score (nSPS) is 10.8. The van der Waals surface area contributed by atoms with Gasteiger partial charge in [0, 0.05) is 23.5 Å². The van der Waals surface area contributed by atoms with Crippen LogP contribution in [-0.4, -0.2) is 20.2 Å². The number of nitro groups is 1. The maximum Gasteiger partial charge on any atom is 0.275 e. The summed E-state index contributed by atoms with van der Waals surface area (Å²) in [6.45, 7) is 1.83. The van der Waals surface area contributed by atoms with E-state index < -0.39 is 10.8 Å².